The molecule has 0 heteroatoms. The van der Waals surface area contributed by atoms with Gasteiger partial charge in [-0.1, -0.05) is 52.5 Å². The number of hydrogen-bond acceptors (Lipinski definition) is 0. The molecule has 4 unspecified atom stereocenters. The summed E-state index contributed by atoms with van der Waals surface area (Å²) >= 11 is 0. The normalized spacial score (nSPS) is 35.4. The van der Waals surface area contributed by atoms with E-state index in [1.54, 1.807) is 0 Å². The molecule has 0 aromatic heterocycles. The van der Waals surface area contributed by atoms with E-state index >= 15 is 0 Å². The quantitative estimate of drug-likeness (QED) is 0.568. The van der Waals surface area contributed by atoms with Gasteiger partial charge < -0.3 is 0 Å². The Bertz CT molecular complexity index is 263. The molecule has 0 saturated heterocycles. The SMILES string of the molecule is C=CCC(C)(C)C(C)C1CC2CCCCCC21. The second-order valence-corrected chi connectivity index (χ2v) is 7.23. The molecule has 0 nitrogen and oxygen atoms in total. The van der Waals surface area contributed by atoms with Crippen LogP contribution in [0.5, 0.6) is 0 Å². The predicted molar refractivity (Wildman–Crippen MR) is 75.9 cm³/mol. The molecular weight excluding hydrogens is 204 g/mol. The van der Waals surface area contributed by atoms with Crippen LogP contribution in [-0.2, 0) is 0 Å². The summed E-state index contributed by atoms with van der Waals surface area (Å²) in [4.78, 5) is 0. The van der Waals surface area contributed by atoms with Crippen LogP contribution in [-0.4, -0.2) is 0 Å². The largest absolute Gasteiger partial charge is 0.103 e. The van der Waals surface area contributed by atoms with Crippen molar-refractivity contribution >= 4 is 0 Å². The third-order valence-corrected chi connectivity index (χ3v) is 5.89. The van der Waals surface area contributed by atoms with Crippen LogP contribution in [0, 0.1) is 29.1 Å². The summed E-state index contributed by atoms with van der Waals surface area (Å²) < 4.78 is 0. The van der Waals surface area contributed by atoms with Gasteiger partial charge in [0.2, 0.25) is 0 Å². The molecule has 0 aromatic rings. The molecule has 0 N–H and O–H groups in total. The van der Waals surface area contributed by atoms with Crippen molar-refractivity contribution in [3.05, 3.63) is 12.7 Å². The molecular formula is C17H30. The first-order chi connectivity index (χ1) is 8.06. The molecule has 0 radical (unpaired) electrons. The van der Waals surface area contributed by atoms with E-state index < -0.39 is 0 Å². The maximum absolute atomic E-state index is 3.93. The summed E-state index contributed by atoms with van der Waals surface area (Å²) in [6.45, 7) is 11.3. The maximum Gasteiger partial charge on any atom is -0.0291 e. The Morgan fingerprint density at radius 3 is 2.65 bits per heavy atom. The van der Waals surface area contributed by atoms with Crippen molar-refractivity contribution in [2.75, 3.05) is 0 Å². The van der Waals surface area contributed by atoms with Gasteiger partial charge >= 0.3 is 0 Å². The molecule has 4 atom stereocenters. The molecule has 0 aromatic carbocycles. The van der Waals surface area contributed by atoms with E-state index in [-0.39, 0.29) is 0 Å². The van der Waals surface area contributed by atoms with Gasteiger partial charge in [0.25, 0.3) is 0 Å². The number of fused-ring (bicyclic) bond motifs is 1. The Balaban J connectivity index is 1.97. The minimum absolute atomic E-state index is 0.448. The zero-order chi connectivity index (χ0) is 12.5. The minimum Gasteiger partial charge on any atom is -0.103 e. The van der Waals surface area contributed by atoms with Crippen LogP contribution in [0.25, 0.3) is 0 Å². The fourth-order valence-electron chi connectivity index (χ4n) is 4.31. The van der Waals surface area contributed by atoms with Crippen LogP contribution in [0.2, 0.25) is 0 Å². The lowest BCUT2D eigenvalue weighted by molar-refractivity contribution is -0.0205. The van der Waals surface area contributed by atoms with Crippen molar-refractivity contribution in [1.82, 2.24) is 0 Å². The van der Waals surface area contributed by atoms with E-state index in [4.69, 9.17) is 0 Å². The van der Waals surface area contributed by atoms with Crippen LogP contribution in [0.1, 0.15) is 65.7 Å². The van der Waals surface area contributed by atoms with Gasteiger partial charge in [-0.25, -0.2) is 0 Å². The van der Waals surface area contributed by atoms with Gasteiger partial charge in [-0.3, -0.25) is 0 Å². The van der Waals surface area contributed by atoms with E-state index in [1.165, 1.54) is 44.9 Å². The van der Waals surface area contributed by atoms with Crippen LogP contribution < -0.4 is 0 Å². The molecule has 0 bridgehead atoms. The molecule has 0 heterocycles. The molecule has 2 fully saturated rings. The van der Waals surface area contributed by atoms with Crippen molar-refractivity contribution < 1.29 is 0 Å². The fourth-order valence-corrected chi connectivity index (χ4v) is 4.31. The Labute approximate surface area is 108 Å². The molecule has 0 amide bonds. The summed E-state index contributed by atoms with van der Waals surface area (Å²) in [7, 11) is 0. The van der Waals surface area contributed by atoms with Gasteiger partial charge in [-0.2, -0.15) is 0 Å². The first kappa shape index (κ1) is 13.2. The topological polar surface area (TPSA) is 0 Å². The molecule has 98 valence electrons. The number of allylic oxidation sites excluding steroid dienone is 1. The third-order valence-electron chi connectivity index (χ3n) is 5.89. The molecule has 2 aliphatic rings. The summed E-state index contributed by atoms with van der Waals surface area (Å²) in [6, 6.07) is 0. The van der Waals surface area contributed by atoms with Crippen LogP contribution in [0.4, 0.5) is 0 Å². The molecule has 17 heavy (non-hydrogen) atoms. The van der Waals surface area contributed by atoms with Crippen molar-refractivity contribution in [2.45, 2.75) is 65.7 Å². The van der Waals surface area contributed by atoms with Gasteiger partial charge in [0.1, 0.15) is 0 Å². The standard InChI is InChI=1S/C17H30/c1-5-11-17(3,4)13(2)16-12-14-9-7-6-8-10-15(14)16/h5,13-16H,1,6-12H2,2-4H3. The number of rotatable bonds is 4. The summed E-state index contributed by atoms with van der Waals surface area (Å²) in [5, 5.41) is 0. The summed E-state index contributed by atoms with van der Waals surface area (Å²) in [6.07, 6.45) is 12.3. The van der Waals surface area contributed by atoms with E-state index in [0.29, 0.717) is 5.41 Å². The van der Waals surface area contributed by atoms with Crippen molar-refractivity contribution in [3.63, 3.8) is 0 Å². The minimum atomic E-state index is 0.448. The summed E-state index contributed by atoms with van der Waals surface area (Å²) in [5.74, 6) is 4.02. The van der Waals surface area contributed by atoms with Gasteiger partial charge in [0, 0.05) is 0 Å². The predicted octanol–water partition coefficient (Wildman–Crippen LogP) is 5.44. The molecule has 0 spiro atoms. The second-order valence-electron chi connectivity index (χ2n) is 7.23. The monoisotopic (exact) mass is 234 g/mol. The van der Waals surface area contributed by atoms with E-state index in [0.717, 1.165) is 23.7 Å². The highest BCUT2D eigenvalue weighted by Gasteiger charge is 2.46. The first-order valence-corrected chi connectivity index (χ1v) is 7.67. The van der Waals surface area contributed by atoms with Crippen molar-refractivity contribution in [3.8, 4) is 0 Å². The molecule has 2 saturated carbocycles. The van der Waals surface area contributed by atoms with Crippen molar-refractivity contribution in [1.29, 1.82) is 0 Å². The smallest absolute Gasteiger partial charge is 0.0291 e. The van der Waals surface area contributed by atoms with E-state index in [9.17, 15) is 0 Å². The average molecular weight is 234 g/mol. The van der Waals surface area contributed by atoms with Gasteiger partial charge in [-0.05, 0) is 48.3 Å². The first-order valence-electron chi connectivity index (χ1n) is 7.67. The van der Waals surface area contributed by atoms with E-state index in [1.807, 2.05) is 0 Å². The second kappa shape index (κ2) is 5.16. The van der Waals surface area contributed by atoms with Gasteiger partial charge in [0.15, 0.2) is 0 Å². The number of hydrogen-bond donors (Lipinski definition) is 0. The average Bonchev–Trinajstić information content (AvgIpc) is 2.41. The lowest BCUT2D eigenvalue weighted by Crippen LogP contribution is -2.44. The zero-order valence-electron chi connectivity index (χ0n) is 12.0. The van der Waals surface area contributed by atoms with Crippen molar-refractivity contribution in [2.24, 2.45) is 29.1 Å². The maximum atomic E-state index is 3.93. The van der Waals surface area contributed by atoms with E-state index in [2.05, 4.69) is 33.4 Å². The Kier molecular flexibility index (Phi) is 4.00. The third kappa shape index (κ3) is 2.61. The van der Waals surface area contributed by atoms with Gasteiger partial charge in [-0.15, -0.1) is 6.58 Å². The molecule has 2 rings (SSSR count). The Hall–Kier alpha value is -0.260. The Morgan fingerprint density at radius 2 is 1.94 bits per heavy atom. The zero-order valence-corrected chi connectivity index (χ0v) is 12.0. The lowest BCUT2D eigenvalue weighted by atomic mass is 9.54. The fraction of sp³-hybridized carbons (Fsp3) is 0.882. The van der Waals surface area contributed by atoms with Crippen LogP contribution in [0.15, 0.2) is 12.7 Å². The Morgan fingerprint density at radius 1 is 1.24 bits per heavy atom. The van der Waals surface area contributed by atoms with Gasteiger partial charge in [0.05, 0.1) is 0 Å². The highest BCUT2D eigenvalue weighted by Crippen LogP contribution is 2.55. The van der Waals surface area contributed by atoms with Crippen LogP contribution >= 0.6 is 0 Å². The highest BCUT2D eigenvalue weighted by molar-refractivity contribution is 4.97. The summed E-state index contributed by atoms with van der Waals surface area (Å²) in [5.41, 5.74) is 0.448. The lowest BCUT2D eigenvalue weighted by Gasteiger charge is -2.51. The molecule has 0 aliphatic heterocycles. The molecule has 2 aliphatic carbocycles. The van der Waals surface area contributed by atoms with Crippen LogP contribution in [0.3, 0.4) is 0 Å². The highest BCUT2D eigenvalue weighted by atomic mass is 14.5.